The van der Waals surface area contributed by atoms with E-state index in [4.69, 9.17) is 11.6 Å². The van der Waals surface area contributed by atoms with Gasteiger partial charge in [0.2, 0.25) is 0 Å². The second-order valence-electron chi connectivity index (χ2n) is 4.61. The number of aryl methyl sites for hydroxylation is 1. The molecule has 0 fully saturated rings. The minimum absolute atomic E-state index is 0.189. The molecule has 0 aliphatic carbocycles. The first-order chi connectivity index (χ1) is 10.1. The fourth-order valence-corrected chi connectivity index (χ4v) is 2.42. The van der Waals surface area contributed by atoms with Gasteiger partial charge in [0, 0.05) is 30.1 Å². The molecule has 0 aromatic carbocycles. The molecular formula is C15H12ClFN4. The van der Waals surface area contributed by atoms with E-state index in [9.17, 15) is 4.39 Å². The van der Waals surface area contributed by atoms with E-state index in [-0.39, 0.29) is 10.8 Å². The van der Waals surface area contributed by atoms with Crippen molar-refractivity contribution in [3.63, 3.8) is 0 Å². The molecule has 0 atom stereocenters. The van der Waals surface area contributed by atoms with Crippen LogP contribution in [-0.2, 0) is 0 Å². The maximum atomic E-state index is 14.3. The van der Waals surface area contributed by atoms with Gasteiger partial charge in [0.1, 0.15) is 16.7 Å². The van der Waals surface area contributed by atoms with E-state index in [2.05, 4.69) is 15.1 Å². The number of aromatic nitrogens is 3. The second kappa shape index (κ2) is 5.26. The number of hydrogen-bond acceptors (Lipinski definition) is 3. The zero-order valence-electron chi connectivity index (χ0n) is 11.5. The Labute approximate surface area is 125 Å². The topological polar surface area (TPSA) is 42.5 Å². The van der Waals surface area contributed by atoms with Crippen molar-refractivity contribution >= 4 is 23.3 Å². The Morgan fingerprint density at radius 2 is 2.19 bits per heavy atom. The number of pyridine rings is 2. The Hall–Kier alpha value is -2.27. The molecule has 0 N–H and O–H groups in total. The number of nitrogens with zero attached hydrogens (tertiary/aromatic N) is 4. The zero-order chi connectivity index (χ0) is 15.0. The smallest absolute Gasteiger partial charge is 0.150 e. The van der Waals surface area contributed by atoms with Crippen LogP contribution in [0.4, 0.5) is 4.39 Å². The molecule has 3 aromatic heterocycles. The summed E-state index contributed by atoms with van der Waals surface area (Å²) in [7, 11) is 1.59. The van der Waals surface area contributed by atoms with Gasteiger partial charge in [-0.1, -0.05) is 17.7 Å². The zero-order valence-corrected chi connectivity index (χ0v) is 12.3. The molecular weight excluding hydrogens is 291 g/mol. The average molecular weight is 303 g/mol. The third kappa shape index (κ3) is 2.29. The van der Waals surface area contributed by atoms with Crippen molar-refractivity contribution < 1.29 is 4.39 Å². The van der Waals surface area contributed by atoms with Gasteiger partial charge in [0.25, 0.3) is 0 Å². The molecule has 4 nitrogen and oxygen atoms in total. The summed E-state index contributed by atoms with van der Waals surface area (Å²) in [5.74, 6) is -0.453. The maximum Gasteiger partial charge on any atom is 0.150 e. The Morgan fingerprint density at radius 3 is 2.95 bits per heavy atom. The van der Waals surface area contributed by atoms with Gasteiger partial charge in [-0.25, -0.2) is 13.9 Å². The summed E-state index contributed by atoms with van der Waals surface area (Å²) < 4.78 is 16.1. The van der Waals surface area contributed by atoms with Crippen molar-refractivity contribution in [2.24, 2.45) is 4.99 Å². The van der Waals surface area contributed by atoms with Crippen LogP contribution in [0.3, 0.4) is 0 Å². The number of aliphatic imine (C=N–C) groups is 1. The minimum atomic E-state index is -0.453. The van der Waals surface area contributed by atoms with Crippen molar-refractivity contribution in [2.75, 3.05) is 7.05 Å². The normalized spacial score (nSPS) is 11.6. The quantitative estimate of drug-likeness (QED) is 0.537. The van der Waals surface area contributed by atoms with Gasteiger partial charge in [0.05, 0.1) is 11.7 Å². The summed E-state index contributed by atoms with van der Waals surface area (Å²) in [6, 6.07) is 7.03. The Kier molecular flexibility index (Phi) is 3.43. The molecule has 3 aromatic rings. The van der Waals surface area contributed by atoms with Crippen LogP contribution in [0.1, 0.15) is 11.3 Å². The lowest BCUT2D eigenvalue weighted by Gasteiger charge is -2.05. The predicted octanol–water partition coefficient (Wildman–Crippen LogP) is 3.55. The molecule has 0 aliphatic heterocycles. The van der Waals surface area contributed by atoms with Gasteiger partial charge in [-0.05, 0) is 25.1 Å². The van der Waals surface area contributed by atoms with Crippen LogP contribution >= 0.6 is 11.6 Å². The van der Waals surface area contributed by atoms with Crippen molar-refractivity contribution in [2.45, 2.75) is 6.92 Å². The number of fused-ring (bicyclic) bond motifs is 1. The summed E-state index contributed by atoms with van der Waals surface area (Å²) in [6.07, 6.45) is 3.07. The molecule has 0 spiro atoms. The third-order valence-corrected chi connectivity index (χ3v) is 3.51. The van der Waals surface area contributed by atoms with E-state index < -0.39 is 5.82 Å². The van der Waals surface area contributed by atoms with Crippen LogP contribution in [0.25, 0.3) is 16.8 Å². The molecule has 0 saturated heterocycles. The summed E-state index contributed by atoms with van der Waals surface area (Å²) >= 11 is 6.08. The van der Waals surface area contributed by atoms with E-state index in [0.717, 1.165) is 11.2 Å². The highest BCUT2D eigenvalue weighted by atomic mass is 35.5. The van der Waals surface area contributed by atoms with Crippen molar-refractivity contribution in [1.29, 1.82) is 0 Å². The van der Waals surface area contributed by atoms with Crippen LogP contribution in [0.15, 0.2) is 35.5 Å². The SMILES string of the molecule is CN=Cc1cc(F)c(-c2cnn3c(C)cccc23)nc1Cl. The highest BCUT2D eigenvalue weighted by Crippen LogP contribution is 2.28. The van der Waals surface area contributed by atoms with E-state index in [1.54, 1.807) is 17.8 Å². The Morgan fingerprint density at radius 1 is 1.38 bits per heavy atom. The molecule has 0 radical (unpaired) electrons. The summed E-state index contributed by atoms with van der Waals surface area (Å²) in [5, 5.41) is 4.48. The first-order valence-electron chi connectivity index (χ1n) is 6.33. The number of halogens is 2. The summed E-state index contributed by atoms with van der Waals surface area (Å²) in [6.45, 7) is 1.93. The van der Waals surface area contributed by atoms with Crippen molar-refractivity contribution in [1.82, 2.24) is 14.6 Å². The average Bonchev–Trinajstić information content (AvgIpc) is 2.88. The lowest BCUT2D eigenvalue weighted by Crippen LogP contribution is -1.96. The molecule has 106 valence electrons. The molecule has 3 rings (SSSR count). The predicted molar refractivity (Wildman–Crippen MR) is 81.6 cm³/mol. The van der Waals surface area contributed by atoms with Gasteiger partial charge in [-0.3, -0.25) is 4.99 Å². The number of hydrogen-bond donors (Lipinski definition) is 0. The molecule has 0 bridgehead atoms. The van der Waals surface area contributed by atoms with Crippen LogP contribution in [0.2, 0.25) is 5.15 Å². The molecule has 0 amide bonds. The van der Waals surface area contributed by atoms with Crippen LogP contribution in [0.5, 0.6) is 0 Å². The second-order valence-corrected chi connectivity index (χ2v) is 4.97. The lowest BCUT2D eigenvalue weighted by molar-refractivity contribution is 0.625. The summed E-state index contributed by atoms with van der Waals surface area (Å²) in [5.41, 5.74) is 2.99. The van der Waals surface area contributed by atoms with Gasteiger partial charge >= 0.3 is 0 Å². The fraction of sp³-hybridized carbons (Fsp3) is 0.133. The van der Waals surface area contributed by atoms with Crippen molar-refractivity contribution in [3.05, 3.63) is 52.7 Å². The molecule has 21 heavy (non-hydrogen) atoms. The highest BCUT2D eigenvalue weighted by Gasteiger charge is 2.16. The van der Waals surface area contributed by atoms with Crippen LogP contribution in [-0.4, -0.2) is 27.9 Å². The van der Waals surface area contributed by atoms with Gasteiger partial charge in [-0.15, -0.1) is 0 Å². The van der Waals surface area contributed by atoms with Crippen molar-refractivity contribution in [3.8, 4) is 11.3 Å². The molecule has 0 aliphatic rings. The van der Waals surface area contributed by atoms with E-state index in [0.29, 0.717) is 11.1 Å². The van der Waals surface area contributed by atoms with E-state index >= 15 is 0 Å². The van der Waals surface area contributed by atoms with E-state index in [1.807, 2.05) is 25.1 Å². The van der Waals surface area contributed by atoms with Gasteiger partial charge in [-0.2, -0.15) is 5.10 Å². The first kappa shape index (κ1) is 13.7. The number of rotatable bonds is 2. The Bertz CT molecular complexity index is 854. The highest BCUT2D eigenvalue weighted by molar-refractivity contribution is 6.32. The maximum absolute atomic E-state index is 14.3. The molecule has 3 heterocycles. The van der Waals surface area contributed by atoms with Gasteiger partial charge < -0.3 is 0 Å². The molecule has 6 heteroatoms. The molecule has 0 saturated carbocycles. The molecule has 0 unspecified atom stereocenters. The third-order valence-electron chi connectivity index (χ3n) is 3.21. The van der Waals surface area contributed by atoms with E-state index in [1.165, 1.54) is 12.3 Å². The Balaban J connectivity index is 2.24. The largest absolute Gasteiger partial charge is 0.296 e. The standard InChI is InChI=1S/C15H12ClFN4/c1-9-4-3-5-13-11(8-19-21(9)13)14-12(17)6-10(7-18-2)15(16)20-14/h3-8H,1-2H3. The first-order valence-corrected chi connectivity index (χ1v) is 6.71. The van der Waals surface area contributed by atoms with Gasteiger partial charge in [0.15, 0.2) is 0 Å². The van der Waals surface area contributed by atoms with Crippen LogP contribution < -0.4 is 0 Å². The fourth-order valence-electron chi connectivity index (χ4n) is 2.23. The lowest BCUT2D eigenvalue weighted by atomic mass is 10.1. The summed E-state index contributed by atoms with van der Waals surface area (Å²) in [4.78, 5) is 7.99. The van der Waals surface area contributed by atoms with Crippen LogP contribution in [0, 0.1) is 12.7 Å². The monoisotopic (exact) mass is 302 g/mol. The minimum Gasteiger partial charge on any atom is -0.296 e.